The van der Waals surface area contributed by atoms with Crippen LogP contribution in [-0.4, -0.2) is 44.2 Å². The average molecular weight is 249 g/mol. The average Bonchev–Trinajstić information content (AvgIpc) is 3.18. The van der Waals surface area contributed by atoms with Crippen molar-refractivity contribution in [1.29, 1.82) is 0 Å². The normalized spacial score (nSPS) is 17.3. The number of hydrogen-bond donors (Lipinski definition) is 0. The molecule has 0 aliphatic carbocycles. The predicted molar refractivity (Wildman–Crippen MR) is 68.7 cm³/mol. The number of amides is 1. The van der Waals surface area contributed by atoms with Crippen LogP contribution in [-0.2, 0) is 16.0 Å². The van der Waals surface area contributed by atoms with E-state index in [2.05, 4.69) is 0 Å². The number of ether oxygens (including phenoxy) is 2. The smallest absolute Gasteiger partial charge is 0.222 e. The molecule has 0 saturated carbocycles. The Labute approximate surface area is 107 Å². The summed E-state index contributed by atoms with van der Waals surface area (Å²) in [7, 11) is 3.55. The Morgan fingerprint density at radius 2 is 2.06 bits per heavy atom. The van der Waals surface area contributed by atoms with Crippen molar-refractivity contribution in [2.75, 3.05) is 27.3 Å². The second-order valence-electron chi connectivity index (χ2n) is 4.70. The Morgan fingerprint density at radius 1 is 1.39 bits per heavy atom. The van der Waals surface area contributed by atoms with Crippen LogP contribution in [0.5, 0.6) is 5.75 Å². The molecule has 2 rings (SSSR count). The molecule has 4 heteroatoms. The topological polar surface area (TPSA) is 42.1 Å². The molecule has 1 amide bonds. The standard InChI is InChI=1S/C14H19NO3/c1-15(2)14(16)8-5-11-3-6-12(7-4-11)17-9-13-10-18-13/h3-4,6-7,13H,5,8-10H2,1-2H3. The number of aryl methyl sites for hydroxylation is 1. The van der Waals surface area contributed by atoms with Gasteiger partial charge in [-0.15, -0.1) is 0 Å². The summed E-state index contributed by atoms with van der Waals surface area (Å²) in [6, 6.07) is 7.90. The van der Waals surface area contributed by atoms with E-state index in [9.17, 15) is 4.79 Å². The van der Waals surface area contributed by atoms with Gasteiger partial charge in [-0.05, 0) is 24.1 Å². The summed E-state index contributed by atoms with van der Waals surface area (Å²) in [5.41, 5.74) is 1.15. The van der Waals surface area contributed by atoms with E-state index in [4.69, 9.17) is 9.47 Å². The molecule has 1 aliphatic heterocycles. The second kappa shape index (κ2) is 5.87. The summed E-state index contributed by atoms with van der Waals surface area (Å²) in [5, 5.41) is 0. The summed E-state index contributed by atoms with van der Waals surface area (Å²) in [6.45, 7) is 1.43. The van der Waals surface area contributed by atoms with Crippen LogP contribution >= 0.6 is 0 Å². The van der Waals surface area contributed by atoms with Crippen LogP contribution in [0.3, 0.4) is 0 Å². The van der Waals surface area contributed by atoms with Crippen LogP contribution < -0.4 is 4.74 Å². The Kier molecular flexibility index (Phi) is 4.20. The molecule has 1 unspecified atom stereocenters. The lowest BCUT2D eigenvalue weighted by Crippen LogP contribution is -2.21. The van der Waals surface area contributed by atoms with Crippen LogP contribution in [0.2, 0.25) is 0 Å². The van der Waals surface area contributed by atoms with Gasteiger partial charge in [-0.2, -0.15) is 0 Å². The van der Waals surface area contributed by atoms with E-state index >= 15 is 0 Å². The van der Waals surface area contributed by atoms with Gasteiger partial charge in [0.2, 0.25) is 5.91 Å². The van der Waals surface area contributed by atoms with Gasteiger partial charge in [-0.1, -0.05) is 12.1 Å². The predicted octanol–water partition coefficient (Wildman–Crippen LogP) is 1.48. The summed E-state index contributed by atoms with van der Waals surface area (Å²) < 4.78 is 10.6. The highest BCUT2D eigenvalue weighted by Gasteiger charge is 2.22. The molecule has 1 aromatic rings. The Balaban J connectivity index is 1.77. The SMILES string of the molecule is CN(C)C(=O)CCc1ccc(OCC2CO2)cc1. The van der Waals surface area contributed by atoms with E-state index in [-0.39, 0.29) is 12.0 Å². The van der Waals surface area contributed by atoms with Crippen molar-refractivity contribution in [3.8, 4) is 5.75 Å². The van der Waals surface area contributed by atoms with E-state index in [1.807, 2.05) is 24.3 Å². The number of carbonyl (C=O) groups excluding carboxylic acids is 1. The van der Waals surface area contributed by atoms with E-state index in [0.717, 1.165) is 24.3 Å². The number of hydrogen-bond acceptors (Lipinski definition) is 3. The molecule has 0 N–H and O–H groups in total. The molecule has 0 spiro atoms. The van der Waals surface area contributed by atoms with Crippen molar-refractivity contribution in [3.05, 3.63) is 29.8 Å². The molecule has 0 bridgehead atoms. The molecule has 1 saturated heterocycles. The monoisotopic (exact) mass is 249 g/mol. The van der Waals surface area contributed by atoms with Crippen LogP contribution in [0.1, 0.15) is 12.0 Å². The third-order valence-electron chi connectivity index (χ3n) is 2.89. The fourth-order valence-electron chi connectivity index (χ4n) is 1.58. The summed E-state index contributed by atoms with van der Waals surface area (Å²) in [5.74, 6) is 1.01. The van der Waals surface area contributed by atoms with E-state index < -0.39 is 0 Å². The van der Waals surface area contributed by atoms with Gasteiger partial charge in [-0.3, -0.25) is 4.79 Å². The first-order valence-electron chi connectivity index (χ1n) is 6.18. The summed E-state index contributed by atoms with van der Waals surface area (Å²) in [6.07, 6.45) is 1.59. The number of benzene rings is 1. The van der Waals surface area contributed by atoms with E-state index in [0.29, 0.717) is 13.0 Å². The molecular weight excluding hydrogens is 230 g/mol. The highest BCUT2D eigenvalue weighted by atomic mass is 16.6. The van der Waals surface area contributed by atoms with Crippen molar-refractivity contribution in [2.45, 2.75) is 18.9 Å². The summed E-state index contributed by atoms with van der Waals surface area (Å²) >= 11 is 0. The van der Waals surface area contributed by atoms with E-state index in [1.54, 1.807) is 19.0 Å². The van der Waals surface area contributed by atoms with Gasteiger partial charge in [-0.25, -0.2) is 0 Å². The van der Waals surface area contributed by atoms with Crippen molar-refractivity contribution in [2.24, 2.45) is 0 Å². The first-order chi connectivity index (χ1) is 8.65. The zero-order valence-corrected chi connectivity index (χ0v) is 10.9. The maximum atomic E-state index is 11.5. The molecule has 18 heavy (non-hydrogen) atoms. The third-order valence-corrected chi connectivity index (χ3v) is 2.89. The van der Waals surface area contributed by atoms with Gasteiger partial charge < -0.3 is 14.4 Å². The van der Waals surface area contributed by atoms with Gasteiger partial charge in [0, 0.05) is 20.5 Å². The van der Waals surface area contributed by atoms with Crippen molar-refractivity contribution in [1.82, 2.24) is 4.90 Å². The quantitative estimate of drug-likeness (QED) is 0.717. The van der Waals surface area contributed by atoms with Gasteiger partial charge >= 0.3 is 0 Å². The molecule has 1 aromatic carbocycles. The van der Waals surface area contributed by atoms with Crippen LogP contribution in [0.4, 0.5) is 0 Å². The summed E-state index contributed by atoms with van der Waals surface area (Å²) in [4.78, 5) is 13.1. The van der Waals surface area contributed by atoms with Crippen molar-refractivity contribution < 1.29 is 14.3 Å². The molecule has 1 aliphatic rings. The molecular formula is C14H19NO3. The van der Waals surface area contributed by atoms with Crippen LogP contribution in [0, 0.1) is 0 Å². The van der Waals surface area contributed by atoms with Gasteiger partial charge in [0.15, 0.2) is 0 Å². The molecule has 98 valence electrons. The number of epoxide rings is 1. The Morgan fingerprint density at radius 3 is 2.61 bits per heavy atom. The minimum absolute atomic E-state index is 0.154. The maximum Gasteiger partial charge on any atom is 0.222 e. The minimum atomic E-state index is 0.154. The highest BCUT2D eigenvalue weighted by Crippen LogP contribution is 2.16. The molecule has 1 heterocycles. The van der Waals surface area contributed by atoms with Gasteiger partial charge in [0.25, 0.3) is 0 Å². The molecule has 0 aromatic heterocycles. The zero-order valence-electron chi connectivity index (χ0n) is 10.9. The zero-order chi connectivity index (χ0) is 13.0. The maximum absolute atomic E-state index is 11.5. The fourth-order valence-corrected chi connectivity index (χ4v) is 1.58. The van der Waals surface area contributed by atoms with Gasteiger partial charge in [0.05, 0.1) is 6.61 Å². The van der Waals surface area contributed by atoms with Gasteiger partial charge in [0.1, 0.15) is 18.5 Å². The lowest BCUT2D eigenvalue weighted by molar-refractivity contribution is -0.128. The minimum Gasteiger partial charge on any atom is -0.491 e. The molecule has 0 radical (unpaired) electrons. The lowest BCUT2D eigenvalue weighted by Gasteiger charge is -2.10. The first-order valence-corrected chi connectivity index (χ1v) is 6.18. The first kappa shape index (κ1) is 12.9. The van der Waals surface area contributed by atoms with Crippen molar-refractivity contribution >= 4 is 5.91 Å². The Bertz CT molecular complexity index is 396. The van der Waals surface area contributed by atoms with Crippen molar-refractivity contribution in [3.63, 3.8) is 0 Å². The second-order valence-corrected chi connectivity index (χ2v) is 4.70. The molecule has 1 fully saturated rings. The number of nitrogens with zero attached hydrogens (tertiary/aromatic N) is 1. The fraction of sp³-hybridized carbons (Fsp3) is 0.500. The highest BCUT2D eigenvalue weighted by molar-refractivity contribution is 5.75. The van der Waals surface area contributed by atoms with Crippen LogP contribution in [0.15, 0.2) is 24.3 Å². The number of carbonyl (C=O) groups is 1. The van der Waals surface area contributed by atoms with Crippen LogP contribution in [0.25, 0.3) is 0 Å². The lowest BCUT2D eigenvalue weighted by atomic mass is 10.1. The molecule has 1 atom stereocenters. The molecule has 4 nitrogen and oxygen atoms in total. The number of rotatable bonds is 6. The largest absolute Gasteiger partial charge is 0.491 e. The third kappa shape index (κ3) is 4.04. The Hall–Kier alpha value is -1.55. The van der Waals surface area contributed by atoms with E-state index in [1.165, 1.54) is 0 Å².